The van der Waals surface area contributed by atoms with Gasteiger partial charge in [0.2, 0.25) is 0 Å². The zero-order valence-corrected chi connectivity index (χ0v) is 8.41. The van der Waals surface area contributed by atoms with Crippen molar-refractivity contribution in [2.75, 3.05) is 0 Å². The van der Waals surface area contributed by atoms with E-state index in [1.165, 1.54) is 0 Å². The van der Waals surface area contributed by atoms with Crippen LogP contribution in [0.25, 0.3) is 0 Å². The summed E-state index contributed by atoms with van der Waals surface area (Å²) in [4.78, 5) is 10.2. The van der Waals surface area contributed by atoms with Crippen LogP contribution in [-0.4, -0.2) is 5.60 Å². The molecular weight excluding hydrogens is 164 g/mol. The molecule has 2 nitrogen and oxygen atoms in total. The van der Waals surface area contributed by atoms with Gasteiger partial charge in [-0.25, -0.2) is 9.78 Å². The Morgan fingerprint density at radius 2 is 1.69 bits per heavy atom. The normalized spacial score (nSPS) is 11.6. The molecule has 0 radical (unpaired) electrons. The SMILES string of the molecule is CC(C)(C)OOCc1ccccc1. The van der Waals surface area contributed by atoms with Crippen LogP contribution >= 0.6 is 0 Å². The Bertz CT molecular complexity index is 236. The first-order valence-corrected chi connectivity index (χ1v) is 4.42. The lowest BCUT2D eigenvalue weighted by molar-refractivity contribution is -0.356. The zero-order valence-electron chi connectivity index (χ0n) is 8.41. The fourth-order valence-electron chi connectivity index (χ4n) is 0.849. The molecule has 0 aromatic heterocycles. The van der Waals surface area contributed by atoms with Gasteiger partial charge >= 0.3 is 0 Å². The van der Waals surface area contributed by atoms with Gasteiger partial charge < -0.3 is 0 Å². The first kappa shape index (κ1) is 10.2. The third-order valence-electron chi connectivity index (χ3n) is 1.38. The maximum absolute atomic E-state index is 5.13. The molecule has 0 saturated heterocycles. The number of hydrogen-bond donors (Lipinski definition) is 0. The summed E-state index contributed by atoms with van der Waals surface area (Å²) in [6.45, 7) is 6.37. The van der Waals surface area contributed by atoms with Crippen molar-refractivity contribution in [3.05, 3.63) is 35.9 Å². The van der Waals surface area contributed by atoms with E-state index in [0.717, 1.165) is 5.56 Å². The molecule has 0 heterocycles. The summed E-state index contributed by atoms with van der Waals surface area (Å²) >= 11 is 0. The Kier molecular flexibility index (Phi) is 3.46. The molecule has 13 heavy (non-hydrogen) atoms. The third-order valence-corrected chi connectivity index (χ3v) is 1.38. The highest BCUT2D eigenvalue weighted by molar-refractivity contribution is 5.13. The molecule has 2 heteroatoms. The van der Waals surface area contributed by atoms with Gasteiger partial charge in [0.05, 0.1) is 5.60 Å². The minimum Gasteiger partial charge on any atom is -0.231 e. The van der Waals surface area contributed by atoms with E-state index in [4.69, 9.17) is 9.78 Å². The topological polar surface area (TPSA) is 18.5 Å². The van der Waals surface area contributed by atoms with Crippen molar-refractivity contribution in [1.82, 2.24) is 0 Å². The van der Waals surface area contributed by atoms with Crippen LogP contribution in [0.15, 0.2) is 30.3 Å². The third kappa shape index (κ3) is 4.65. The molecule has 0 amide bonds. The molecule has 0 aliphatic carbocycles. The number of benzene rings is 1. The Morgan fingerprint density at radius 1 is 1.08 bits per heavy atom. The molecule has 0 N–H and O–H groups in total. The Hall–Kier alpha value is -0.860. The summed E-state index contributed by atoms with van der Waals surface area (Å²) < 4.78 is 0. The van der Waals surface area contributed by atoms with Gasteiger partial charge in [-0.15, -0.1) is 0 Å². The molecule has 0 aliphatic rings. The molecule has 0 spiro atoms. The van der Waals surface area contributed by atoms with Gasteiger partial charge in [0.1, 0.15) is 6.61 Å². The summed E-state index contributed by atoms with van der Waals surface area (Å²) in [5.74, 6) is 0. The zero-order chi connectivity index (χ0) is 9.73. The lowest BCUT2D eigenvalue weighted by Gasteiger charge is -2.17. The molecule has 1 aromatic carbocycles. The average molecular weight is 180 g/mol. The second-order valence-electron chi connectivity index (χ2n) is 3.94. The van der Waals surface area contributed by atoms with Crippen LogP contribution in [0.2, 0.25) is 0 Å². The van der Waals surface area contributed by atoms with E-state index in [2.05, 4.69) is 0 Å². The fourth-order valence-corrected chi connectivity index (χ4v) is 0.849. The molecular formula is C11H16O2. The van der Waals surface area contributed by atoms with Crippen molar-refractivity contribution >= 4 is 0 Å². The van der Waals surface area contributed by atoms with Crippen LogP contribution in [0, 0.1) is 0 Å². The first-order chi connectivity index (χ1) is 6.08. The van der Waals surface area contributed by atoms with E-state index in [9.17, 15) is 0 Å². The van der Waals surface area contributed by atoms with Crippen LogP contribution in [0.3, 0.4) is 0 Å². The highest BCUT2D eigenvalue weighted by Gasteiger charge is 2.10. The van der Waals surface area contributed by atoms with E-state index in [1.54, 1.807) is 0 Å². The summed E-state index contributed by atoms with van der Waals surface area (Å²) in [6, 6.07) is 9.96. The smallest absolute Gasteiger partial charge is 0.107 e. The van der Waals surface area contributed by atoms with E-state index in [1.807, 2.05) is 51.1 Å². The Labute approximate surface area is 79.4 Å². The first-order valence-electron chi connectivity index (χ1n) is 4.42. The second-order valence-corrected chi connectivity index (χ2v) is 3.94. The summed E-state index contributed by atoms with van der Waals surface area (Å²) in [5, 5.41) is 0. The van der Waals surface area contributed by atoms with Gasteiger partial charge in [-0.1, -0.05) is 30.3 Å². The fraction of sp³-hybridized carbons (Fsp3) is 0.455. The van der Waals surface area contributed by atoms with Gasteiger partial charge in [0, 0.05) is 0 Å². The van der Waals surface area contributed by atoms with Gasteiger partial charge in [-0.3, -0.25) is 0 Å². The lowest BCUT2D eigenvalue weighted by Crippen LogP contribution is -2.19. The highest BCUT2D eigenvalue weighted by Crippen LogP contribution is 2.09. The maximum atomic E-state index is 5.13. The van der Waals surface area contributed by atoms with E-state index >= 15 is 0 Å². The summed E-state index contributed by atoms with van der Waals surface area (Å²) in [5.41, 5.74) is 0.876. The van der Waals surface area contributed by atoms with Gasteiger partial charge in [-0.2, -0.15) is 0 Å². The van der Waals surface area contributed by atoms with Crippen molar-refractivity contribution in [2.24, 2.45) is 0 Å². The Balaban J connectivity index is 2.29. The van der Waals surface area contributed by atoms with Crippen molar-refractivity contribution in [3.8, 4) is 0 Å². The quantitative estimate of drug-likeness (QED) is 0.526. The standard InChI is InChI=1S/C11H16O2/c1-11(2,3)13-12-9-10-7-5-4-6-8-10/h4-8H,9H2,1-3H3. The molecule has 0 saturated carbocycles. The largest absolute Gasteiger partial charge is 0.231 e. The van der Waals surface area contributed by atoms with Gasteiger partial charge in [0.15, 0.2) is 0 Å². The molecule has 1 rings (SSSR count). The molecule has 0 unspecified atom stereocenters. The Morgan fingerprint density at radius 3 is 2.23 bits per heavy atom. The minimum atomic E-state index is -0.241. The van der Waals surface area contributed by atoms with Crippen molar-refractivity contribution in [3.63, 3.8) is 0 Å². The van der Waals surface area contributed by atoms with Gasteiger partial charge in [0.25, 0.3) is 0 Å². The molecule has 0 fully saturated rings. The molecule has 0 bridgehead atoms. The molecule has 0 aliphatic heterocycles. The lowest BCUT2D eigenvalue weighted by atomic mass is 10.2. The minimum absolute atomic E-state index is 0.241. The average Bonchev–Trinajstić information content (AvgIpc) is 2.04. The van der Waals surface area contributed by atoms with E-state index in [0.29, 0.717) is 6.61 Å². The highest BCUT2D eigenvalue weighted by atomic mass is 17.2. The molecule has 1 aromatic rings. The number of hydrogen-bond acceptors (Lipinski definition) is 2. The van der Waals surface area contributed by atoms with Crippen LogP contribution in [0.5, 0.6) is 0 Å². The molecule has 72 valence electrons. The molecule has 0 atom stereocenters. The van der Waals surface area contributed by atoms with E-state index in [-0.39, 0.29) is 5.60 Å². The van der Waals surface area contributed by atoms with Crippen molar-refractivity contribution in [1.29, 1.82) is 0 Å². The van der Waals surface area contributed by atoms with Crippen LogP contribution in [-0.2, 0) is 16.4 Å². The van der Waals surface area contributed by atoms with Gasteiger partial charge in [-0.05, 0) is 26.3 Å². The van der Waals surface area contributed by atoms with Crippen molar-refractivity contribution < 1.29 is 9.78 Å². The van der Waals surface area contributed by atoms with Crippen LogP contribution < -0.4 is 0 Å². The van der Waals surface area contributed by atoms with Crippen molar-refractivity contribution in [2.45, 2.75) is 33.0 Å². The predicted molar refractivity (Wildman–Crippen MR) is 52.1 cm³/mol. The number of rotatable bonds is 3. The van der Waals surface area contributed by atoms with Crippen LogP contribution in [0.4, 0.5) is 0 Å². The van der Waals surface area contributed by atoms with Crippen LogP contribution in [0.1, 0.15) is 26.3 Å². The van der Waals surface area contributed by atoms with E-state index < -0.39 is 0 Å². The summed E-state index contributed by atoms with van der Waals surface area (Å²) in [6.07, 6.45) is 0. The predicted octanol–water partition coefficient (Wildman–Crippen LogP) is 2.93. The monoisotopic (exact) mass is 180 g/mol. The summed E-state index contributed by atoms with van der Waals surface area (Å²) in [7, 11) is 0. The maximum Gasteiger partial charge on any atom is 0.107 e. The second kappa shape index (κ2) is 4.40.